The van der Waals surface area contributed by atoms with Crippen molar-refractivity contribution in [2.24, 2.45) is 0 Å². The summed E-state index contributed by atoms with van der Waals surface area (Å²) in [4.78, 5) is 0. The second-order valence-corrected chi connectivity index (χ2v) is 0. The van der Waals surface area contributed by atoms with E-state index < -0.39 is 0 Å². The van der Waals surface area contributed by atoms with Crippen LogP contribution in [-0.4, -0.2) is 73.5 Å². The van der Waals surface area contributed by atoms with Crippen molar-refractivity contribution in [1.82, 2.24) is 0 Å². The molecule has 0 amide bonds. The van der Waals surface area contributed by atoms with Crippen LogP contribution in [0.4, 0.5) is 0 Å². The maximum Gasteiger partial charge on any atom is 2.00 e. The van der Waals surface area contributed by atoms with Gasteiger partial charge in [-0.3, -0.25) is 0 Å². The van der Waals surface area contributed by atoms with Gasteiger partial charge in [0.25, 0.3) is 0 Å². The predicted molar refractivity (Wildman–Crippen MR) is 27.9 cm³/mol. The van der Waals surface area contributed by atoms with E-state index in [1.165, 1.54) is 0 Å². The van der Waals surface area contributed by atoms with Gasteiger partial charge in [-0.1, -0.05) is 0 Å². The van der Waals surface area contributed by atoms with E-state index in [-0.39, 0.29) is 104 Å². The smallest absolute Gasteiger partial charge is 0.0149 e. The van der Waals surface area contributed by atoms with Gasteiger partial charge in [0.1, 0.15) is 0 Å². The second-order valence-electron chi connectivity index (χ2n) is 0. The van der Waals surface area contributed by atoms with Crippen LogP contribution in [0.5, 0.6) is 0 Å². The van der Waals surface area contributed by atoms with Crippen LogP contribution < -0.4 is 0 Å². The summed E-state index contributed by atoms with van der Waals surface area (Å²) < 4.78 is 0. The Balaban J connectivity index is 0. The molecule has 0 aromatic carbocycles. The maximum atomic E-state index is 0. The first-order chi connectivity index (χ1) is 0. The fraction of sp³-hybridized carbons (Fsp3) is 0. The third-order valence-electron chi connectivity index (χ3n) is 0. The van der Waals surface area contributed by atoms with E-state index >= 15 is 0 Å². The van der Waals surface area contributed by atoms with Crippen LogP contribution in [0.3, 0.4) is 0 Å². The largest absolute Gasteiger partial charge is 2.00 e. The molecule has 0 nitrogen and oxygen atoms in total. The summed E-state index contributed by atoms with van der Waals surface area (Å²) in [6.45, 7) is 0. The Morgan fingerprint density at radius 1 is 1.25 bits per heavy atom. The molecule has 0 atom stereocenters. The van der Waals surface area contributed by atoms with Gasteiger partial charge in [-0.25, -0.2) is 0 Å². The van der Waals surface area contributed by atoms with Crippen molar-refractivity contribution in [3.8, 4) is 0 Å². The Morgan fingerprint density at radius 3 is 1.25 bits per heavy atom. The van der Waals surface area contributed by atoms with Crippen LogP contribution in [0.1, 0.15) is 2.85 Å². The normalized spacial score (nSPS) is 0. The molecular weight excluding hydrogens is 395 g/mol. The molecule has 4 heavy (non-hydrogen) atoms. The molecule has 0 saturated carbocycles. The molecule has 0 bridgehead atoms. The molecule has 0 aliphatic carbocycles. The standard InChI is InChI=1S/Hg.H2Se.H4Si.Sr.2H/h;1H2;1H4;;;/q;;;+2;2*-1. The molecule has 0 unspecified atom stereocenters. The Bertz CT molecular complexity index is 13.5. The van der Waals surface area contributed by atoms with Crippen LogP contribution in [0.25, 0.3) is 0 Å². The summed E-state index contributed by atoms with van der Waals surface area (Å²) in [5.74, 6) is 0. The minimum Gasteiger partial charge on any atom is -0.0149 e. The number of hydrogen-bond donors (Lipinski definition) is 0. The zero-order valence-electron chi connectivity index (χ0n) is 3.91. The number of hydrogen-bond acceptors (Lipinski definition) is 0. The van der Waals surface area contributed by atoms with Crippen LogP contribution in [0, 0.1) is 0 Å². The average Bonchev–Trinajstić information content (AvgIpc) is 0. The fourth-order valence-electron chi connectivity index (χ4n) is 0. The zero-order valence-corrected chi connectivity index (χ0v) is 13.0. The van der Waals surface area contributed by atoms with Crippen LogP contribution in [0.2, 0.25) is 0 Å². The third-order valence-corrected chi connectivity index (χ3v) is 0. The molecule has 0 aromatic rings. The molecule has 0 aliphatic heterocycles. The van der Waals surface area contributed by atoms with Crippen molar-refractivity contribution in [3.05, 3.63) is 0 Å². The van der Waals surface area contributed by atoms with Crippen molar-refractivity contribution >= 4 is 73.5 Å². The Labute approximate surface area is 102 Å². The predicted octanol–water partition coefficient (Wildman–Crippen LogP) is -2.53. The molecular formula is H8HgSeSiSr. The average molecular weight is 403 g/mol. The summed E-state index contributed by atoms with van der Waals surface area (Å²) in [7, 11) is 0. The van der Waals surface area contributed by atoms with E-state index in [1.54, 1.807) is 0 Å². The first kappa shape index (κ1) is 27.2. The third kappa shape index (κ3) is 8.94. The minimum absolute atomic E-state index is 0. The van der Waals surface area contributed by atoms with Gasteiger partial charge in [0.05, 0.1) is 0 Å². The van der Waals surface area contributed by atoms with Gasteiger partial charge in [-0.2, -0.15) is 0 Å². The van der Waals surface area contributed by atoms with Crippen LogP contribution >= 0.6 is 0 Å². The van der Waals surface area contributed by atoms with Crippen molar-refractivity contribution in [2.45, 2.75) is 0 Å². The fourth-order valence-corrected chi connectivity index (χ4v) is 0. The SMILES string of the molecule is [H-].[H-].[Hg].[SeH2].[SiH4].[Sr+2]. The summed E-state index contributed by atoms with van der Waals surface area (Å²) in [5, 5.41) is 0. The molecule has 0 N–H and O–H groups in total. The molecule has 0 fully saturated rings. The maximum absolute atomic E-state index is 0. The van der Waals surface area contributed by atoms with Crippen molar-refractivity contribution < 1.29 is 30.5 Å². The zero-order chi connectivity index (χ0) is 0. The van der Waals surface area contributed by atoms with E-state index in [4.69, 9.17) is 0 Å². The Morgan fingerprint density at radius 2 is 1.25 bits per heavy atom. The van der Waals surface area contributed by atoms with Crippen molar-refractivity contribution in [3.63, 3.8) is 0 Å². The van der Waals surface area contributed by atoms with Crippen LogP contribution in [0.15, 0.2) is 0 Å². The van der Waals surface area contributed by atoms with Gasteiger partial charge in [0.15, 0.2) is 0 Å². The van der Waals surface area contributed by atoms with Crippen molar-refractivity contribution in [2.75, 3.05) is 0 Å². The van der Waals surface area contributed by atoms with Gasteiger partial charge in [0.2, 0.25) is 0 Å². The van der Waals surface area contributed by atoms with E-state index in [1.807, 2.05) is 0 Å². The van der Waals surface area contributed by atoms with E-state index in [9.17, 15) is 0 Å². The molecule has 22 valence electrons. The topological polar surface area (TPSA) is 0 Å². The van der Waals surface area contributed by atoms with Gasteiger partial charge in [-0.15, -0.1) is 0 Å². The van der Waals surface area contributed by atoms with E-state index in [0.717, 1.165) is 0 Å². The van der Waals surface area contributed by atoms with E-state index in [2.05, 4.69) is 0 Å². The molecule has 0 rings (SSSR count). The molecule has 0 saturated heterocycles. The quantitative estimate of drug-likeness (QED) is 0.392. The second kappa shape index (κ2) is 16.4. The summed E-state index contributed by atoms with van der Waals surface area (Å²) in [5.41, 5.74) is 0. The molecule has 4 heteroatoms. The minimum atomic E-state index is 0. The van der Waals surface area contributed by atoms with Gasteiger partial charge >= 0.3 is 62.6 Å². The van der Waals surface area contributed by atoms with Gasteiger partial charge in [-0.05, 0) is 11.0 Å². The monoisotopic (exact) mass is 406 g/mol. The van der Waals surface area contributed by atoms with Gasteiger partial charge < -0.3 is 2.85 Å². The first-order valence-corrected chi connectivity index (χ1v) is 0. The molecule has 0 radical (unpaired) electrons. The summed E-state index contributed by atoms with van der Waals surface area (Å²) in [6, 6.07) is 0. The van der Waals surface area contributed by atoms with Crippen molar-refractivity contribution in [1.29, 1.82) is 0 Å². The first-order valence-electron chi connectivity index (χ1n) is 0. The van der Waals surface area contributed by atoms with Gasteiger partial charge in [0, 0.05) is 27.7 Å². The summed E-state index contributed by atoms with van der Waals surface area (Å²) in [6.07, 6.45) is 0. The van der Waals surface area contributed by atoms with Crippen LogP contribution in [-0.2, 0) is 27.7 Å². The van der Waals surface area contributed by atoms with E-state index in [0.29, 0.717) is 0 Å². The molecule has 0 aromatic heterocycles. The molecule has 0 heterocycles. The summed E-state index contributed by atoms with van der Waals surface area (Å²) >= 11 is 0. The molecule has 0 spiro atoms. The molecule has 0 aliphatic rings. The Hall–Kier alpha value is 3.15. The Kier molecular flexibility index (Phi) is 112. The number of rotatable bonds is 0.